The van der Waals surface area contributed by atoms with Crippen molar-refractivity contribution in [3.05, 3.63) is 159 Å². The fraction of sp³-hybridized carbons (Fsp3) is 0.340. The Morgan fingerprint density at radius 3 is 1.33 bits per heavy atom. The van der Waals surface area contributed by atoms with E-state index < -0.39 is 22.8 Å². The number of esters is 1. The van der Waals surface area contributed by atoms with Crippen LogP contribution in [0.5, 0.6) is 0 Å². The highest BCUT2D eigenvalue weighted by atomic mass is 35.5. The van der Waals surface area contributed by atoms with Gasteiger partial charge >= 0.3 is 5.97 Å². The van der Waals surface area contributed by atoms with Gasteiger partial charge in [-0.1, -0.05) is 62.0 Å². The van der Waals surface area contributed by atoms with Crippen LogP contribution in [0, 0.1) is 40.5 Å². The van der Waals surface area contributed by atoms with Gasteiger partial charge in [-0.3, -0.25) is 38.0 Å². The van der Waals surface area contributed by atoms with Crippen molar-refractivity contribution >= 4 is 86.6 Å². The number of hydrogen-bond donors (Lipinski definition) is 5. The SMILES string of the molecule is C.[C-]#[N+]c1ccc(CC(=O)[C@@](C)(O)Cn2cc(N)cn2)cc1C.[C-]#[N+]c1ccc(CC(=O)[C@@](C)(O)Cn2cc(NC(=O)CCl)cn2)cc1C.[C-]#[N+]c1ccc(CC(=O)[C@](C)(Cn2cc(N)cn2)OC(=O)CCl)cc1C. The van der Waals surface area contributed by atoms with E-state index >= 15 is 0 Å². The maximum absolute atomic E-state index is 12.9. The summed E-state index contributed by atoms with van der Waals surface area (Å²) >= 11 is 11.0. The average Bonchev–Trinajstić information content (AvgIpc) is 4.09. The van der Waals surface area contributed by atoms with E-state index in [0.717, 1.165) is 33.4 Å². The van der Waals surface area contributed by atoms with Crippen LogP contribution >= 0.6 is 23.2 Å². The van der Waals surface area contributed by atoms with Crippen molar-refractivity contribution in [2.24, 2.45) is 0 Å². The third kappa shape index (κ3) is 18.1. The van der Waals surface area contributed by atoms with E-state index in [1.54, 1.807) is 80.8 Å². The number of halogens is 2. The minimum absolute atomic E-state index is 0. The lowest BCUT2D eigenvalue weighted by Gasteiger charge is -2.28. The first kappa shape index (κ1) is 61.1. The van der Waals surface area contributed by atoms with Gasteiger partial charge in [0.1, 0.15) is 23.0 Å². The van der Waals surface area contributed by atoms with E-state index in [4.69, 9.17) is 59.1 Å². The Bertz CT molecular complexity index is 3140. The highest BCUT2D eigenvalue weighted by Crippen LogP contribution is 2.26. The number of nitrogens with zero attached hydrogens (tertiary/aromatic N) is 9. The molecule has 3 heterocycles. The second kappa shape index (κ2) is 27.2. The summed E-state index contributed by atoms with van der Waals surface area (Å²) in [5, 5.41) is 35.5. The first-order valence-corrected chi connectivity index (χ1v) is 23.6. The molecule has 0 aliphatic rings. The number of nitrogens with two attached hydrogens (primary N) is 2. The van der Waals surface area contributed by atoms with Gasteiger partial charge in [-0.05, 0) is 74.9 Å². The number of aryl methyl sites for hydroxylation is 3. The van der Waals surface area contributed by atoms with Gasteiger partial charge in [0.15, 0.2) is 40.0 Å². The number of benzene rings is 3. The number of amides is 1. The lowest BCUT2D eigenvalue weighted by atomic mass is 9.93. The summed E-state index contributed by atoms with van der Waals surface area (Å²) in [4.78, 5) is 70.9. The molecule has 0 aliphatic carbocycles. The number of nitrogen functional groups attached to an aromatic ring is 2. The summed E-state index contributed by atoms with van der Waals surface area (Å²) in [6, 6.07) is 15.5. The summed E-state index contributed by atoms with van der Waals surface area (Å²) in [5.41, 5.74) is 14.2. The Hall–Kier alpha value is -8.19. The topological polar surface area (TPSA) is 266 Å². The molecule has 0 saturated carbocycles. The standard InChI is InChI=1S/2C18H19ClN4O3.C16H18N4O2.CH4/c1-12-6-13(4-5-15(12)21-3)7-16(24)18(2,26-17(25)8-19)11-23-10-14(20)9-22-23;1-12-6-13(4-5-15(12)20-3)7-16(24)18(2,26)11-23-10-14(9-21-23)22-17(25)8-19;1-11-6-12(4-5-14(11)18-3)7-15(21)16(2,22)10-20-9-13(17)8-19-20;/h4-6,9-10H,7-8,11,20H2,1-2H3;4-6,9-10,26H,7-8,11H2,1-2H3,(H,22,25);4-6,8-9,22H,7,10,17H2,1-2H3;1H4/t2*18-;16-;/m000./s1. The molecule has 20 nitrogen and oxygen atoms in total. The van der Waals surface area contributed by atoms with Crippen LogP contribution in [0.25, 0.3) is 14.5 Å². The predicted octanol–water partition coefficient (Wildman–Crippen LogP) is 7.68. The molecular weight excluding hydrogens is 1000 g/mol. The fourth-order valence-electron chi connectivity index (χ4n) is 7.20. The van der Waals surface area contributed by atoms with Crippen molar-refractivity contribution in [2.75, 3.05) is 28.5 Å². The van der Waals surface area contributed by atoms with Gasteiger partial charge in [-0.15, -0.1) is 23.2 Å². The number of aromatic nitrogens is 6. The number of aliphatic hydroxyl groups is 2. The first-order valence-electron chi connectivity index (χ1n) is 22.5. The van der Waals surface area contributed by atoms with Gasteiger partial charge in [0, 0.05) is 37.9 Å². The van der Waals surface area contributed by atoms with Gasteiger partial charge < -0.3 is 31.7 Å². The minimum atomic E-state index is -1.63. The predicted molar refractivity (Wildman–Crippen MR) is 287 cm³/mol. The molecule has 3 aromatic carbocycles. The molecule has 0 fully saturated rings. The maximum atomic E-state index is 12.9. The summed E-state index contributed by atoms with van der Waals surface area (Å²) in [7, 11) is 0. The van der Waals surface area contributed by atoms with Crippen LogP contribution < -0.4 is 16.8 Å². The van der Waals surface area contributed by atoms with E-state index in [2.05, 4.69) is 35.1 Å². The van der Waals surface area contributed by atoms with Crippen LogP contribution in [0.3, 0.4) is 0 Å². The number of nitrogens with one attached hydrogen (secondary N) is 1. The van der Waals surface area contributed by atoms with Crippen molar-refractivity contribution in [3.8, 4) is 0 Å². The monoisotopic (exact) mass is 1060 g/mol. The van der Waals surface area contributed by atoms with Crippen LogP contribution in [0.15, 0.2) is 91.8 Å². The van der Waals surface area contributed by atoms with Gasteiger partial charge in [-0.25, -0.2) is 14.5 Å². The molecule has 75 heavy (non-hydrogen) atoms. The number of alkyl halides is 2. The molecule has 0 spiro atoms. The second-order valence-corrected chi connectivity index (χ2v) is 18.5. The van der Waals surface area contributed by atoms with Crippen molar-refractivity contribution in [1.29, 1.82) is 0 Å². The van der Waals surface area contributed by atoms with E-state index in [1.165, 1.54) is 59.6 Å². The van der Waals surface area contributed by atoms with Crippen molar-refractivity contribution in [1.82, 2.24) is 29.3 Å². The summed E-state index contributed by atoms with van der Waals surface area (Å²) in [5.74, 6) is -2.57. The molecule has 6 rings (SSSR count). The van der Waals surface area contributed by atoms with Crippen molar-refractivity contribution in [2.45, 2.75) is 105 Å². The third-order valence-corrected chi connectivity index (χ3v) is 11.7. The minimum Gasteiger partial charge on any atom is -0.448 e. The largest absolute Gasteiger partial charge is 0.448 e. The van der Waals surface area contributed by atoms with E-state index in [-0.39, 0.29) is 81.3 Å². The molecule has 3 aromatic heterocycles. The molecule has 0 unspecified atom stereocenters. The lowest BCUT2D eigenvalue weighted by molar-refractivity contribution is -0.165. The molecule has 0 saturated heterocycles. The Balaban J connectivity index is 0.000000296. The summed E-state index contributed by atoms with van der Waals surface area (Å²) < 4.78 is 9.61. The fourth-order valence-corrected chi connectivity index (χ4v) is 7.32. The first-order chi connectivity index (χ1) is 34.8. The number of ether oxygens (including phenoxy) is 1. The zero-order valence-corrected chi connectivity index (χ0v) is 43.1. The quantitative estimate of drug-likeness (QED) is 0.0296. The Morgan fingerprint density at radius 1 is 0.613 bits per heavy atom. The van der Waals surface area contributed by atoms with Crippen molar-refractivity contribution in [3.63, 3.8) is 0 Å². The zero-order valence-electron chi connectivity index (χ0n) is 41.6. The third-order valence-electron chi connectivity index (χ3n) is 11.2. The van der Waals surface area contributed by atoms with Crippen molar-refractivity contribution < 1.29 is 38.9 Å². The zero-order chi connectivity index (χ0) is 55.0. The number of carbonyl (C=O) groups is 5. The maximum Gasteiger partial charge on any atom is 0.321 e. The number of ketones is 3. The van der Waals surface area contributed by atoms with Gasteiger partial charge in [0.05, 0.1) is 75.0 Å². The number of rotatable bonds is 19. The number of carbonyl (C=O) groups excluding carboxylic acids is 5. The van der Waals surface area contributed by atoms with Gasteiger partial charge in [0.2, 0.25) is 5.91 Å². The van der Waals surface area contributed by atoms with Gasteiger partial charge in [0.25, 0.3) is 0 Å². The van der Waals surface area contributed by atoms with Crippen LogP contribution in [0.2, 0.25) is 0 Å². The number of hydrogen-bond acceptors (Lipinski definition) is 13. The highest BCUT2D eigenvalue weighted by Gasteiger charge is 2.38. The van der Waals surface area contributed by atoms with E-state index in [1.807, 2.05) is 6.92 Å². The number of Topliss-reactive ketones (excluding diaryl/α,β-unsaturated/α-hetero) is 3. The summed E-state index contributed by atoms with van der Waals surface area (Å²) in [6.45, 7) is 31.0. The van der Waals surface area contributed by atoms with Gasteiger partial charge in [-0.2, -0.15) is 15.3 Å². The Labute approximate surface area is 445 Å². The van der Waals surface area contributed by atoms with Crippen LogP contribution in [0.4, 0.5) is 34.1 Å². The smallest absolute Gasteiger partial charge is 0.321 e. The summed E-state index contributed by atoms with van der Waals surface area (Å²) in [6.07, 6.45) is 9.14. The molecule has 1 amide bonds. The lowest BCUT2D eigenvalue weighted by Crippen LogP contribution is -2.45. The Morgan fingerprint density at radius 2 is 0.987 bits per heavy atom. The molecule has 3 atom stereocenters. The molecule has 394 valence electrons. The Kier molecular flexibility index (Phi) is 22.2. The van der Waals surface area contributed by atoms with E-state index in [9.17, 15) is 34.2 Å². The molecular formula is C53H60Cl2N12O8. The van der Waals surface area contributed by atoms with Crippen LogP contribution in [-0.2, 0) is 67.6 Å². The molecule has 6 aromatic rings. The second-order valence-electron chi connectivity index (χ2n) is 17.9. The number of anilines is 3. The normalized spacial score (nSPS) is 12.8. The highest BCUT2D eigenvalue weighted by molar-refractivity contribution is 6.29. The average molecular weight is 1060 g/mol. The molecule has 0 aliphatic heterocycles. The molecule has 22 heteroatoms. The van der Waals surface area contributed by atoms with Crippen LogP contribution in [0.1, 0.15) is 61.6 Å². The van der Waals surface area contributed by atoms with Crippen LogP contribution in [-0.4, -0.2) is 97.3 Å². The van der Waals surface area contributed by atoms with E-state index in [0.29, 0.717) is 34.1 Å². The molecule has 0 radical (unpaired) electrons. The molecule has 0 bridgehead atoms. The molecule has 7 N–H and O–H groups in total.